The van der Waals surface area contributed by atoms with Gasteiger partial charge in [-0.2, -0.15) is 0 Å². The summed E-state index contributed by atoms with van der Waals surface area (Å²) in [7, 11) is -2.95. The summed E-state index contributed by atoms with van der Waals surface area (Å²) < 4.78 is 28.0. The summed E-state index contributed by atoms with van der Waals surface area (Å²) in [5, 5.41) is 1.06. The number of aromatic amines is 1. The maximum Gasteiger partial charge on any atom is 0.153 e. The molecule has 2 rings (SSSR count). The van der Waals surface area contributed by atoms with E-state index in [2.05, 4.69) is 4.98 Å². The smallest absolute Gasteiger partial charge is 0.153 e. The minimum absolute atomic E-state index is 0.0642. The third-order valence-corrected chi connectivity index (χ3v) is 4.30. The van der Waals surface area contributed by atoms with Crippen molar-refractivity contribution in [2.45, 2.75) is 6.92 Å². The minimum atomic E-state index is -2.95. The second-order valence-electron chi connectivity index (χ2n) is 3.81. The van der Waals surface area contributed by atoms with Crippen molar-refractivity contribution >= 4 is 20.7 Å². The Bertz CT molecular complexity index is 601. The van der Waals surface area contributed by atoms with Gasteiger partial charge in [-0.1, -0.05) is 6.92 Å². The molecule has 0 aliphatic carbocycles. The lowest BCUT2D eigenvalue weighted by Crippen LogP contribution is -2.15. The van der Waals surface area contributed by atoms with Gasteiger partial charge in [0.1, 0.15) is 12.4 Å². The summed E-state index contributed by atoms with van der Waals surface area (Å²) in [5.74, 6) is 0.922. The van der Waals surface area contributed by atoms with Gasteiger partial charge in [-0.25, -0.2) is 8.42 Å². The van der Waals surface area contributed by atoms with Gasteiger partial charge in [-0.05, 0) is 24.3 Å². The van der Waals surface area contributed by atoms with E-state index in [1.54, 1.807) is 6.92 Å². The van der Waals surface area contributed by atoms with E-state index in [4.69, 9.17) is 4.74 Å². The van der Waals surface area contributed by atoms with Gasteiger partial charge in [-0.3, -0.25) is 0 Å². The molecule has 0 bridgehead atoms. The van der Waals surface area contributed by atoms with Crippen molar-refractivity contribution in [1.82, 2.24) is 4.98 Å². The molecule has 1 heterocycles. The predicted octanol–water partition coefficient (Wildman–Crippen LogP) is 1.98. The molecule has 0 fully saturated rings. The molecular weight excluding hydrogens is 238 g/mol. The number of hydrogen-bond donors (Lipinski definition) is 1. The number of fused-ring (bicyclic) bond motifs is 1. The SMILES string of the molecule is CCS(=O)(=O)CCOc1ccc2[nH]ccc2c1. The highest BCUT2D eigenvalue weighted by Gasteiger charge is 2.07. The van der Waals surface area contributed by atoms with Gasteiger partial charge in [0.25, 0.3) is 0 Å². The molecule has 92 valence electrons. The van der Waals surface area contributed by atoms with E-state index in [0.29, 0.717) is 5.75 Å². The fraction of sp³-hybridized carbons (Fsp3) is 0.333. The fourth-order valence-corrected chi connectivity index (χ4v) is 2.18. The van der Waals surface area contributed by atoms with Crippen molar-refractivity contribution < 1.29 is 13.2 Å². The van der Waals surface area contributed by atoms with Crippen LogP contribution in [0.1, 0.15) is 6.92 Å². The van der Waals surface area contributed by atoms with Crippen LogP contribution in [0.25, 0.3) is 10.9 Å². The zero-order chi connectivity index (χ0) is 12.3. The van der Waals surface area contributed by atoms with Crippen molar-refractivity contribution in [2.24, 2.45) is 0 Å². The van der Waals surface area contributed by atoms with Gasteiger partial charge in [0.05, 0.1) is 5.75 Å². The molecule has 0 atom stereocenters. The van der Waals surface area contributed by atoms with E-state index < -0.39 is 9.84 Å². The van der Waals surface area contributed by atoms with Gasteiger partial charge in [0, 0.05) is 22.9 Å². The normalized spacial score (nSPS) is 11.8. The Morgan fingerprint density at radius 2 is 2.12 bits per heavy atom. The van der Waals surface area contributed by atoms with Crippen LogP contribution in [0.15, 0.2) is 30.5 Å². The van der Waals surface area contributed by atoms with Crippen LogP contribution >= 0.6 is 0 Å². The molecular formula is C12H15NO3S. The lowest BCUT2D eigenvalue weighted by atomic mass is 10.2. The summed E-state index contributed by atoms with van der Waals surface area (Å²) in [6.45, 7) is 1.84. The summed E-state index contributed by atoms with van der Waals surface area (Å²) in [5.41, 5.74) is 1.04. The number of hydrogen-bond acceptors (Lipinski definition) is 3. The first-order valence-corrected chi connectivity index (χ1v) is 7.33. The first-order valence-electron chi connectivity index (χ1n) is 5.51. The molecule has 1 N–H and O–H groups in total. The molecule has 0 unspecified atom stereocenters. The largest absolute Gasteiger partial charge is 0.493 e. The van der Waals surface area contributed by atoms with Crippen LogP contribution in [-0.4, -0.2) is 31.5 Å². The molecule has 4 nitrogen and oxygen atoms in total. The minimum Gasteiger partial charge on any atom is -0.493 e. The zero-order valence-electron chi connectivity index (χ0n) is 9.64. The summed E-state index contributed by atoms with van der Waals surface area (Å²) in [6.07, 6.45) is 1.86. The van der Waals surface area contributed by atoms with Gasteiger partial charge < -0.3 is 9.72 Å². The van der Waals surface area contributed by atoms with Gasteiger partial charge in [0.15, 0.2) is 9.84 Å². The zero-order valence-corrected chi connectivity index (χ0v) is 10.5. The Kier molecular flexibility index (Phi) is 3.38. The first kappa shape index (κ1) is 12.0. The number of rotatable bonds is 5. The Morgan fingerprint density at radius 1 is 1.29 bits per heavy atom. The quantitative estimate of drug-likeness (QED) is 0.886. The van der Waals surface area contributed by atoms with E-state index in [0.717, 1.165) is 10.9 Å². The van der Waals surface area contributed by atoms with E-state index in [-0.39, 0.29) is 18.1 Å². The molecule has 0 saturated carbocycles. The van der Waals surface area contributed by atoms with Crippen LogP contribution in [0.3, 0.4) is 0 Å². The van der Waals surface area contributed by atoms with Crippen LogP contribution in [0.4, 0.5) is 0 Å². The van der Waals surface area contributed by atoms with Gasteiger partial charge in [0.2, 0.25) is 0 Å². The van der Waals surface area contributed by atoms with Crippen molar-refractivity contribution in [1.29, 1.82) is 0 Å². The molecule has 0 amide bonds. The molecule has 0 spiro atoms. The van der Waals surface area contributed by atoms with E-state index in [1.807, 2.05) is 30.5 Å². The number of H-pyrrole nitrogens is 1. The van der Waals surface area contributed by atoms with E-state index in [1.165, 1.54) is 0 Å². The third kappa shape index (κ3) is 3.00. The highest BCUT2D eigenvalue weighted by atomic mass is 32.2. The van der Waals surface area contributed by atoms with Crippen LogP contribution in [-0.2, 0) is 9.84 Å². The number of sulfone groups is 1. The summed E-state index contributed by atoms with van der Waals surface area (Å²) in [4.78, 5) is 3.08. The number of benzene rings is 1. The Morgan fingerprint density at radius 3 is 2.88 bits per heavy atom. The standard InChI is InChI=1S/C12H15NO3S/c1-2-17(14,15)8-7-16-11-3-4-12-10(9-11)5-6-13-12/h3-6,9,13H,2,7-8H2,1H3. The summed E-state index contributed by atoms with van der Waals surface area (Å²) >= 11 is 0. The van der Waals surface area contributed by atoms with Gasteiger partial charge in [-0.15, -0.1) is 0 Å². The second-order valence-corrected chi connectivity index (χ2v) is 6.28. The maximum absolute atomic E-state index is 11.3. The van der Waals surface area contributed by atoms with Crippen LogP contribution in [0.5, 0.6) is 5.75 Å². The van der Waals surface area contributed by atoms with Crippen molar-refractivity contribution in [2.75, 3.05) is 18.1 Å². The van der Waals surface area contributed by atoms with Crippen molar-refractivity contribution in [3.63, 3.8) is 0 Å². The Labute approximate surface area is 101 Å². The molecule has 17 heavy (non-hydrogen) atoms. The summed E-state index contributed by atoms with van der Waals surface area (Å²) in [6, 6.07) is 7.59. The number of ether oxygens (including phenoxy) is 1. The topological polar surface area (TPSA) is 59.2 Å². The van der Waals surface area contributed by atoms with Crippen LogP contribution in [0.2, 0.25) is 0 Å². The Hall–Kier alpha value is -1.49. The molecule has 1 aromatic heterocycles. The second kappa shape index (κ2) is 4.79. The molecule has 0 radical (unpaired) electrons. The predicted molar refractivity (Wildman–Crippen MR) is 68.1 cm³/mol. The molecule has 0 aliphatic rings. The number of aromatic nitrogens is 1. The monoisotopic (exact) mass is 253 g/mol. The van der Waals surface area contributed by atoms with Crippen molar-refractivity contribution in [3.05, 3.63) is 30.5 Å². The lowest BCUT2D eigenvalue weighted by molar-refractivity contribution is 0.341. The molecule has 1 aromatic carbocycles. The van der Waals surface area contributed by atoms with Crippen LogP contribution < -0.4 is 4.74 Å². The number of nitrogens with one attached hydrogen (secondary N) is 1. The van der Waals surface area contributed by atoms with E-state index in [9.17, 15) is 8.42 Å². The Balaban J connectivity index is 1.99. The highest BCUT2D eigenvalue weighted by molar-refractivity contribution is 7.91. The van der Waals surface area contributed by atoms with Crippen molar-refractivity contribution in [3.8, 4) is 5.75 Å². The molecule has 0 aliphatic heterocycles. The highest BCUT2D eigenvalue weighted by Crippen LogP contribution is 2.19. The third-order valence-electron chi connectivity index (χ3n) is 2.63. The molecule has 2 aromatic rings. The molecule has 5 heteroatoms. The maximum atomic E-state index is 11.3. The first-order chi connectivity index (χ1) is 8.11. The fourth-order valence-electron chi connectivity index (χ4n) is 1.55. The lowest BCUT2D eigenvalue weighted by Gasteiger charge is -2.06. The average Bonchev–Trinajstić information content (AvgIpc) is 2.76. The van der Waals surface area contributed by atoms with Crippen LogP contribution in [0, 0.1) is 0 Å². The van der Waals surface area contributed by atoms with Gasteiger partial charge >= 0.3 is 0 Å². The van der Waals surface area contributed by atoms with E-state index >= 15 is 0 Å². The molecule has 0 saturated heterocycles. The average molecular weight is 253 g/mol.